The molecule has 5 rings (SSSR count). The van der Waals surface area contributed by atoms with E-state index in [4.69, 9.17) is 27.6 Å². The van der Waals surface area contributed by atoms with Crippen LogP contribution in [0.15, 0.2) is 52.1 Å². The molecule has 3 aromatic rings. The van der Waals surface area contributed by atoms with E-state index < -0.39 is 11.9 Å². The van der Waals surface area contributed by atoms with E-state index in [0.717, 1.165) is 0 Å². The highest BCUT2D eigenvalue weighted by Crippen LogP contribution is 2.51. The minimum atomic E-state index is -0.896. The fourth-order valence-electron chi connectivity index (χ4n) is 5.13. The molecule has 0 fully saturated rings. The summed E-state index contributed by atoms with van der Waals surface area (Å²) in [5, 5.41) is 14.9. The Hall–Kier alpha value is -3.29. The molecule has 1 aromatic heterocycles. The fourth-order valence-corrected chi connectivity index (χ4v) is 5.64. The Kier molecular flexibility index (Phi) is 5.88. The number of carbonyl (C=O) groups is 2. The van der Waals surface area contributed by atoms with Gasteiger partial charge in [-0.15, -0.1) is 0 Å². The van der Waals surface area contributed by atoms with E-state index in [9.17, 15) is 14.7 Å². The number of hydrogen-bond donors (Lipinski definition) is 2. The van der Waals surface area contributed by atoms with Crippen molar-refractivity contribution >= 4 is 46.3 Å². The number of carbonyl (C=O) groups excluding carboxylic acids is 2. The van der Waals surface area contributed by atoms with E-state index in [1.807, 2.05) is 13.8 Å². The first-order valence-corrected chi connectivity index (χ1v) is 12.3. The second-order valence-electron chi connectivity index (χ2n) is 10.0. The van der Waals surface area contributed by atoms with Crippen LogP contribution in [0.25, 0.3) is 0 Å². The number of aromatic nitrogens is 1. The highest BCUT2D eigenvalue weighted by molar-refractivity contribution is 6.35. The van der Waals surface area contributed by atoms with Crippen molar-refractivity contribution in [3.8, 4) is 5.75 Å². The second-order valence-corrected chi connectivity index (χ2v) is 10.9. The topological polar surface area (TPSA) is 95.7 Å². The van der Waals surface area contributed by atoms with Crippen molar-refractivity contribution in [3.05, 3.63) is 80.6 Å². The molecule has 36 heavy (non-hydrogen) atoms. The fraction of sp³-hybridized carbons (Fsp3) is 0.296. The molecule has 1 amide bonds. The number of aryl methyl sites for hydroxylation is 2. The molecule has 186 valence electrons. The van der Waals surface area contributed by atoms with Gasteiger partial charge in [0, 0.05) is 34.7 Å². The number of fused-ring (bicyclic) bond motifs is 1. The summed E-state index contributed by atoms with van der Waals surface area (Å²) >= 11 is 12.9. The van der Waals surface area contributed by atoms with Crippen LogP contribution in [0.2, 0.25) is 10.0 Å². The summed E-state index contributed by atoms with van der Waals surface area (Å²) < 4.78 is 5.56. The summed E-state index contributed by atoms with van der Waals surface area (Å²) in [5.41, 5.74) is 2.10. The maximum Gasteiger partial charge on any atom is 0.281 e. The zero-order valence-corrected chi connectivity index (χ0v) is 21.8. The smallest absolute Gasteiger partial charge is 0.281 e. The number of nitrogens with zero attached hydrogens (tertiary/aromatic N) is 2. The van der Waals surface area contributed by atoms with Crippen LogP contribution in [-0.4, -0.2) is 21.8 Å². The molecule has 0 saturated carbocycles. The van der Waals surface area contributed by atoms with Gasteiger partial charge in [0.25, 0.3) is 5.91 Å². The number of amides is 1. The molecule has 1 unspecified atom stereocenters. The first-order chi connectivity index (χ1) is 17.0. The third kappa shape index (κ3) is 4.06. The molecular weight excluding hydrogens is 501 g/mol. The number of ketones is 1. The first-order valence-electron chi connectivity index (χ1n) is 11.5. The quantitative estimate of drug-likeness (QED) is 0.358. The lowest BCUT2D eigenvalue weighted by Crippen LogP contribution is -2.40. The number of anilines is 2. The van der Waals surface area contributed by atoms with Crippen LogP contribution < -0.4 is 10.2 Å². The molecule has 1 aliphatic carbocycles. The minimum absolute atomic E-state index is 0.0520. The minimum Gasteiger partial charge on any atom is -0.506 e. The summed E-state index contributed by atoms with van der Waals surface area (Å²) in [5.74, 6) is 0.0475. The molecule has 2 N–H and O–H groups in total. The maximum atomic E-state index is 14.2. The van der Waals surface area contributed by atoms with Gasteiger partial charge in [-0.3, -0.25) is 14.5 Å². The van der Waals surface area contributed by atoms with E-state index in [1.54, 1.807) is 44.2 Å². The van der Waals surface area contributed by atoms with Gasteiger partial charge < -0.3 is 14.8 Å². The number of para-hydroxylation sites is 1. The van der Waals surface area contributed by atoms with Crippen molar-refractivity contribution in [2.24, 2.45) is 5.41 Å². The van der Waals surface area contributed by atoms with Gasteiger partial charge >= 0.3 is 0 Å². The number of phenols is 1. The monoisotopic (exact) mass is 525 g/mol. The average Bonchev–Trinajstić information content (AvgIpc) is 3.03. The number of hydrogen-bond acceptors (Lipinski definition) is 6. The number of oxazole rings is 1. The van der Waals surface area contributed by atoms with Gasteiger partial charge in [0.05, 0.1) is 11.7 Å². The third-order valence-electron chi connectivity index (χ3n) is 6.59. The summed E-state index contributed by atoms with van der Waals surface area (Å²) in [7, 11) is 0. The lowest BCUT2D eigenvalue weighted by molar-refractivity contribution is -0.118. The standard InChI is InChI=1S/C27H25Cl2N3O4/c1-13-23(30-14(2)36-13)26(35)32-19-6-5-7-20(33)24(19)31-18-11-27(3,4)12-21(34)22(18)25(32)16-9-8-15(28)10-17(16)29/h5-10,25,31,33H,11-12H2,1-4H3. The van der Waals surface area contributed by atoms with Crippen LogP contribution in [0.5, 0.6) is 5.75 Å². The zero-order valence-electron chi connectivity index (χ0n) is 20.3. The maximum absolute atomic E-state index is 14.2. The molecule has 0 bridgehead atoms. The Labute approximate surface area is 218 Å². The number of Topliss-reactive ketones (excluding diaryl/α,β-unsaturated/α-hetero) is 1. The second kappa shape index (κ2) is 8.68. The van der Waals surface area contributed by atoms with Crippen molar-refractivity contribution in [3.63, 3.8) is 0 Å². The van der Waals surface area contributed by atoms with Gasteiger partial charge in [0.1, 0.15) is 17.2 Å². The van der Waals surface area contributed by atoms with E-state index >= 15 is 0 Å². The number of phenolic OH excluding ortho intramolecular Hbond substituents is 1. The van der Waals surface area contributed by atoms with Crippen molar-refractivity contribution in [2.75, 3.05) is 10.2 Å². The molecule has 0 radical (unpaired) electrons. The van der Waals surface area contributed by atoms with Crippen LogP contribution in [0.1, 0.15) is 60.4 Å². The molecule has 9 heteroatoms. The Morgan fingerprint density at radius 3 is 2.61 bits per heavy atom. The van der Waals surface area contributed by atoms with E-state index in [1.165, 1.54) is 11.0 Å². The van der Waals surface area contributed by atoms with Crippen LogP contribution in [0, 0.1) is 19.3 Å². The van der Waals surface area contributed by atoms with Crippen molar-refractivity contribution in [1.29, 1.82) is 0 Å². The summed E-state index contributed by atoms with van der Waals surface area (Å²) in [6.45, 7) is 7.36. The van der Waals surface area contributed by atoms with Crippen LogP contribution in [-0.2, 0) is 4.79 Å². The largest absolute Gasteiger partial charge is 0.506 e. The number of allylic oxidation sites excluding steroid dienone is 1. The first kappa shape index (κ1) is 24.4. The summed E-state index contributed by atoms with van der Waals surface area (Å²) in [4.78, 5) is 33.8. The van der Waals surface area contributed by atoms with E-state index in [0.29, 0.717) is 62.7 Å². The van der Waals surface area contributed by atoms with Crippen molar-refractivity contribution in [1.82, 2.24) is 4.98 Å². The molecular formula is C27H25Cl2N3O4. The van der Waals surface area contributed by atoms with Gasteiger partial charge in [0.2, 0.25) is 0 Å². The van der Waals surface area contributed by atoms with Gasteiger partial charge in [-0.2, -0.15) is 0 Å². The van der Waals surface area contributed by atoms with E-state index in [-0.39, 0.29) is 22.6 Å². The Morgan fingerprint density at radius 2 is 1.94 bits per heavy atom. The molecule has 7 nitrogen and oxygen atoms in total. The summed E-state index contributed by atoms with van der Waals surface area (Å²) in [6.07, 6.45) is 0.829. The lowest BCUT2D eigenvalue weighted by atomic mass is 9.73. The number of benzene rings is 2. The Bertz CT molecular complexity index is 1460. The SMILES string of the molecule is Cc1nc(C(=O)N2c3cccc(O)c3NC3=C(C(=O)CC(C)(C)C3)C2c2ccc(Cl)cc2Cl)c(C)o1. The predicted molar refractivity (Wildman–Crippen MR) is 139 cm³/mol. The Morgan fingerprint density at radius 1 is 1.19 bits per heavy atom. The molecule has 1 atom stereocenters. The number of halogens is 2. The van der Waals surface area contributed by atoms with Gasteiger partial charge in [-0.05, 0) is 48.6 Å². The molecule has 0 saturated heterocycles. The third-order valence-corrected chi connectivity index (χ3v) is 7.15. The Balaban J connectivity index is 1.86. The van der Waals surface area contributed by atoms with Crippen LogP contribution in [0.3, 0.4) is 0 Å². The number of nitrogens with one attached hydrogen (secondary N) is 1. The van der Waals surface area contributed by atoms with Gasteiger partial charge in [-0.1, -0.05) is 49.2 Å². The summed E-state index contributed by atoms with van der Waals surface area (Å²) in [6, 6.07) is 8.99. The van der Waals surface area contributed by atoms with Gasteiger partial charge in [-0.25, -0.2) is 4.98 Å². The van der Waals surface area contributed by atoms with Crippen molar-refractivity contribution < 1.29 is 19.1 Å². The zero-order chi connectivity index (χ0) is 25.9. The molecule has 0 spiro atoms. The van der Waals surface area contributed by atoms with Gasteiger partial charge in [0.15, 0.2) is 17.4 Å². The molecule has 2 aromatic carbocycles. The van der Waals surface area contributed by atoms with Crippen molar-refractivity contribution in [2.45, 2.75) is 46.6 Å². The predicted octanol–water partition coefficient (Wildman–Crippen LogP) is 6.76. The highest BCUT2D eigenvalue weighted by Gasteiger charge is 2.45. The van der Waals surface area contributed by atoms with Crippen LogP contribution in [0.4, 0.5) is 11.4 Å². The normalized spacial score (nSPS) is 18.9. The van der Waals surface area contributed by atoms with E-state index in [2.05, 4.69) is 10.3 Å². The highest BCUT2D eigenvalue weighted by atomic mass is 35.5. The van der Waals surface area contributed by atoms with Crippen LogP contribution >= 0.6 is 23.2 Å². The average molecular weight is 526 g/mol. The number of rotatable bonds is 2. The molecule has 1 aliphatic heterocycles. The molecule has 2 heterocycles. The molecule has 2 aliphatic rings. The number of aromatic hydroxyl groups is 1. The lowest BCUT2D eigenvalue weighted by Gasteiger charge is -2.37.